The van der Waals surface area contributed by atoms with Crippen LogP contribution in [0.2, 0.25) is 0 Å². The molecule has 6 aliphatic heterocycles. The third kappa shape index (κ3) is 1.63. The number of guanidine groups is 2. The quantitative estimate of drug-likeness (QED) is 0.545. The smallest absolute Gasteiger partial charge is 0.334 e. The monoisotopic (exact) mass is 386 g/mol. The Balaban J connectivity index is 1.69. The van der Waals surface area contributed by atoms with E-state index in [1.807, 2.05) is 0 Å². The summed E-state index contributed by atoms with van der Waals surface area (Å²) in [6.07, 6.45) is 3.00. The van der Waals surface area contributed by atoms with Gasteiger partial charge < -0.3 is 28.2 Å². The Labute approximate surface area is 169 Å². The van der Waals surface area contributed by atoms with Gasteiger partial charge in [-0.1, -0.05) is 0 Å². The largest absolute Gasteiger partial charge is 0.437 e. The molecule has 0 aromatic carbocycles. The molecule has 0 saturated carbocycles. The van der Waals surface area contributed by atoms with Gasteiger partial charge in [-0.05, 0) is 28.2 Å². The predicted octanol–water partition coefficient (Wildman–Crippen LogP) is -1.35. The highest BCUT2D eigenvalue weighted by Crippen LogP contribution is 2.45. The molecule has 0 aromatic heterocycles. The second kappa shape index (κ2) is 5.59. The summed E-state index contributed by atoms with van der Waals surface area (Å²) in [6, 6.07) is 0. The van der Waals surface area contributed by atoms with Gasteiger partial charge in [0.1, 0.15) is 0 Å². The SMILES string of the molecule is CN(C)[B@-]12N3CCCN4CCC[N+](=C43)[B@@-]1(N(C)C)N1CCCN3CCC[N+]2=C31. The zero-order chi connectivity index (χ0) is 19.3. The minimum atomic E-state index is -1.06. The maximum Gasteiger partial charge on any atom is 0.334 e. The summed E-state index contributed by atoms with van der Waals surface area (Å²) >= 11 is 0. The van der Waals surface area contributed by atoms with Crippen molar-refractivity contribution in [1.29, 1.82) is 0 Å². The second-order valence-corrected chi connectivity index (χ2v) is 10.3. The maximum absolute atomic E-state index is 2.87. The van der Waals surface area contributed by atoms with Crippen molar-refractivity contribution in [2.75, 3.05) is 80.5 Å². The molecule has 6 rings (SSSR count). The molecule has 8 nitrogen and oxygen atoms in total. The Bertz CT molecular complexity index is 718. The average Bonchev–Trinajstić information content (AvgIpc) is 3.13. The van der Waals surface area contributed by atoms with Crippen LogP contribution in [0.1, 0.15) is 25.7 Å². The number of hydrogen-bond donors (Lipinski definition) is 0. The van der Waals surface area contributed by atoms with E-state index in [9.17, 15) is 0 Å². The fourth-order valence-corrected chi connectivity index (χ4v) is 8.46. The summed E-state index contributed by atoms with van der Waals surface area (Å²) in [5.41, 5.74) is 0. The summed E-state index contributed by atoms with van der Waals surface area (Å²) in [5, 5.41) is 0. The number of fused-ring (bicyclic) bond motifs is 5. The van der Waals surface area contributed by atoms with Crippen LogP contribution in [0.15, 0.2) is 0 Å². The van der Waals surface area contributed by atoms with Gasteiger partial charge in [-0.2, -0.15) is 0 Å². The van der Waals surface area contributed by atoms with Gasteiger partial charge in [0.25, 0.3) is 11.9 Å². The third-order valence-electron chi connectivity index (χ3n) is 8.86. The van der Waals surface area contributed by atoms with Crippen LogP contribution < -0.4 is 0 Å². The summed E-state index contributed by atoms with van der Waals surface area (Å²) in [4.78, 5) is 16.4. The number of nitrogens with zero attached hydrogens (tertiary/aromatic N) is 8. The highest BCUT2D eigenvalue weighted by Gasteiger charge is 2.77. The summed E-state index contributed by atoms with van der Waals surface area (Å²) in [5.74, 6) is 3.09. The molecule has 28 heavy (non-hydrogen) atoms. The van der Waals surface area contributed by atoms with E-state index in [4.69, 9.17) is 0 Å². The fraction of sp³-hybridized carbons (Fsp3) is 0.889. The first-order valence-electron chi connectivity index (χ1n) is 11.5. The average molecular weight is 386 g/mol. The summed E-state index contributed by atoms with van der Waals surface area (Å²) in [6.45, 7) is 9.67. The molecule has 0 amide bonds. The van der Waals surface area contributed by atoms with Crippen LogP contribution in [0.4, 0.5) is 0 Å². The highest BCUT2D eigenvalue weighted by atomic mass is 15.6. The van der Waals surface area contributed by atoms with Gasteiger partial charge in [0.2, 0.25) is 0 Å². The number of rotatable bonds is 2. The van der Waals surface area contributed by atoms with Crippen molar-refractivity contribution in [2.45, 2.75) is 25.7 Å². The topological polar surface area (TPSA) is 25.5 Å². The lowest BCUT2D eigenvalue weighted by Gasteiger charge is -2.59. The van der Waals surface area contributed by atoms with Crippen molar-refractivity contribution in [2.24, 2.45) is 0 Å². The molecular formula is C18H36B2N8. The van der Waals surface area contributed by atoms with Crippen molar-refractivity contribution in [3.05, 3.63) is 0 Å². The van der Waals surface area contributed by atoms with Crippen LogP contribution in [0.3, 0.4) is 0 Å². The van der Waals surface area contributed by atoms with Crippen LogP contribution in [0.5, 0.6) is 0 Å². The standard InChI is InChI=1S/C18H36B2N8/c1-21(2)19-20(22(3)4,27-15-7-11-23-9-5-13-25(19)17(23)27)28-16-8-12-24-10-6-14-26(19)18(24)28/h5-16H2,1-4H3/t19-,20+. The fourth-order valence-electron chi connectivity index (χ4n) is 8.46. The van der Waals surface area contributed by atoms with Crippen molar-refractivity contribution in [3.8, 4) is 0 Å². The second-order valence-electron chi connectivity index (χ2n) is 10.3. The van der Waals surface area contributed by atoms with E-state index in [-0.39, 0.29) is 0 Å². The first-order valence-corrected chi connectivity index (χ1v) is 11.5. The van der Waals surface area contributed by atoms with Crippen LogP contribution in [0, 0.1) is 0 Å². The van der Waals surface area contributed by atoms with Gasteiger partial charge in [0.05, 0.1) is 26.2 Å². The Hall–Kier alpha value is -1.41. The molecule has 154 valence electrons. The van der Waals surface area contributed by atoms with Gasteiger partial charge in [-0.15, -0.1) is 0 Å². The molecule has 0 aromatic rings. The Morgan fingerprint density at radius 3 is 1.39 bits per heavy atom. The molecule has 2 saturated heterocycles. The molecule has 0 spiro atoms. The molecule has 0 unspecified atom stereocenters. The van der Waals surface area contributed by atoms with Crippen LogP contribution >= 0.6 is 0 Å². The van der Waals surface area contributed by atoms with Gasteiger partial charge >= 0.3 is 12.9 Å². The highest BCUT2D eigenvalue weighted by molar-refractivity contribution is 7.34. The maximum atomic E-state index is 2.87. The lowest BCUT2D eigenvalue weighted by Crippen LogP contribution is -2.88. The summed E-state index contributed by atoms with van der Waals surface area (Å²) < 4.78 is 5.74. The third-order valence-corrected chi connectivity index (χ3v) is 8.86. The Morgan fingerprint density at radius 1 is 0.607 bits per heavy atom. The van der Waals surface area contributed by atoms with Crippen molar-refractivity contribution in [3.63, 3.8) is 0 Å². The first kappa shape index (κ1) is 17.4. The zero-order valence-electron chi connectivity index (χ0n) is 18.2. The number of hydrogen-bond acceptors (Lipinski definition) is 6. The van der Waals surface area contributed by atoms with E-state index in [0.717, 1.165) is 0 Å². The molecule has 2 fully saturated rings. The molecule has 0 N–H and O–H groups in total. The van der Waals surface area contributed by atoms with E-state index in [0.29, 0.717) is 0 Å². The van der Waals surface area contributed by atoms with Crippen LogP contribution in [-0.2, 0) is 0 Å². The van der Waals surface area contributed by atoms with Gasteiger partial charge in [-0.25, -0.2) is 0 Å². The van der Waals surface area contributed by atoms with E-state index < -0.39 is 12.9 Å². The van der Waals surface area contributed by atoms with Gasteiger partial charge in [-0.3, -0.25) is 9.80 Å². The molecule has 0 radical (unpaired) electrons. The molecule has 6 heterocycles. The zero-order valence-corrected chi connectivity index (χ0v) is 18.2. The van der Waals surface area contributed by atoms with E-state index in [1.165, 1.54) is 78.0 Å². The molecule has 0 aliphatic carbocycles. The molecule has 6 aliphatic rings. The van der Waals surface area contributed by atoms with E-state index in [1.54, 1.807) is 11.9 Å². The normalized spacial score (nSPS) is 36.6. The lowest BCUT2D eigenvalue weighted by molar-refractivity contribution is -0.431. The predicted molar refractivity (Wildman–Crippen MR) is 114 cm³/mol. The Morgan fingerprint density at radius 2 is 1.00 bits per heavy atom. The summed E-state index contributed by atoms with van der Waals surface area (Å²) in [7, 11) is 9.43. The lowest BCUT2D eigenvalue weighted by atomic mass is 9.13. The van der Waals surface area contributed by atoms with Crippen LogP contribution in [0.25, 0.3) is 0 Å². The first-order chi connectivity index (χ1) is 13.6. The minimum absolute atomic E-state index is 1.06. The van der Waals surface area contributed by atoms with E-state index in [2.05, 4.69) is 66.2 Å². The van der Waals surface area contributed by atoms with Crippen molar-refractivity contribution in [1.82, 2.24) is 29.0 Å². The van der Waals surface area contributed by atoms with Crippen molar-refractivity contribution >= 4 is 24.8 Å². The minimum Gasteiger partial charge on any atom is -0.437 e. The molecule has 2 atom stereocenters. The molecule has 0 bridgehead atoms. The van der Waals surface area contributed by atoms with Crippen LogP contribution in [-0.4, -0.2) is 143 Å². The van der Waals surface area contributed by atoms with Gasteiger partial charge in [0, 0.05) is 51.9 Å². The Kier molecular flexibility index (Phi) is 3.49. The van der Waals surface area contributed by atoms with Gasteiger partial charge in [0.15, 0.2) is 0 Å². The molecule has 10 heteroatoms. The van der Waals surface area contributed by atoms with E-state index >= 15 is 0 Å². The molecular weight excluding hydrogens is 350 g/mol. The van der Waals surface area contributed by atoms with Crippen molar-refractivity contribution < 1.29 is 8.97 Å².